The Morgan fingerprint density at radius 3 is 3.14 bits per heavy atom. The van der Waals surface area contributed by atoms with E-state index < -0.39 is 5.41 Å². The molecule has 3 rings (SSSR count). The summed E-state index contributed by atoms with van der Waals surface area (Å²) in [6, 6.07) is 2.03. The summed E-state index contributed by atoms with van der Waals surface area (Å²) >= 11 is 1.62. The van der Waals surface area contributed by atoms with Crippen LogP contribution in [0, 0.1) is 5.41 Å². The van der Waals surface area contributed by atoms with E-state index in [1.54, 1.807) is 23.2 Å². The van der Waals surface area contributed by atoms with Gasteiger partial charge in [-0.05, 0) is 42.2 Å². The van der Waals surface area contributed by atoms with Gasteiger partial charge in [-0.1, -0.05) is 0 Å². The van der Waals surface area contributed by atoms with E-state index in [4.69, 9.17) is 4.74 Å². The molecule has 0 saturated carbocycles. The first-order chi connectivity index (χ1) is 10.1. The molecule has 2 saturated heterocycles. The maximum atomic E-state index is 12.8. The first-order valence-corrected chi connectivity index (χ1v) is 8.27. The number of amides is 2. The normalized spacial score (nSPS) is 30.0. The Bertz CT molecular complexity index is 531. The van der Waals surface area contributed by atoms with Gasteiger partial charge < -0.3 is 15.0 Å². The number of thiophene rings is 1. The Labute approximate surface area is 128 Å². The van der Waals surface area contributed by atoms with Crippen LogP contribution >= 0.6 is 11.3 Å². The summed E-state index contributed by atoms with van der Waals surface area (Å²) < 4.78 is 5.76. The SMILES string of the molecule is CC1(C(=O)N2CCOC(c3ccsc3)C2)CCCNC1=O. The van der Waals surface area contributed by atoms with E-state index in [1.165, 1.54) is 0 Å². The molecule has 0 aliphatic carbocycles. The third-order valence-corrected chi connectivity index (χ3v) is 5.08. The minimum atomic E-state index is -0.922. The van der Waals surface area contributed by atoms with Crippen molar-refractivity contribution >= 4 is 23.2 Å². The molecule has 114 valence electrons. The number of nitrogens with one attached hydrogen (secondary N) is 1. The molecule has 1 N–H and O–H groups in total. The standard InChI is InChI=1S/C15H20N2O3S/c1-15(4-2-5-16-13(15)18)14(19)17-6-7-20-12(9-17)11-3-8-21-10-11/h3,8,10,12H,2,4-7,9H2,1H3,(H,16,18). The van der Waals surface area contributed by atoms with E-state index in [9.17, 15) is 9.59 Å². The quantitative estimate of drug-likeness (QED) is 0.844. The zero-order valence-electron chi connectivity index (χ0n) is 12.1. The van der Waals surface area contributed by atoms with Crippen molar-refractivity contribution in [3.05, 3.63) is 22.4 Å². The van der Waals surface area contributed by atoms with Gasteiger partial charge in [0.2, 0.25) is 11.8 Å². The number of hydrogen-bond acceptors (Lipinski definition) is 4. The van der Waals surface area contributed by atoms with Gasteiger partial charge in [0, 0.05) is 13.1 Å². The van der Waals surface area contributed by atoms with E-state index in [0.29, 0.717) is 32.7 Å². The Balaban J connectivity index is 1.73. The van der Waals surface area contributed by atoms with Crippen molar-refractivity contribution in [2.45, 2.75) is 25.9 Å². The van der Waals surface area contributed by atoms with Gasteiger partial charge in [0.15, 0.2) is 0 Å². The molecule has 2 fully saturated rings. The number of rotatable bonds is 2. The van der Waals surface area contributed by atoms with Gasteiger partial charge in [0.25, 0.3) is 0 Å². The topological polar surface area (TPSA) is 58.6 Å². The summed E-state index contributed by atoms with van der Waals surface area (Å²) in [4.78, 5) is 26.7. The molecule has 2 aliphatic heterocycles. The van der Waals surface area contributed by atoms with E-state index in [0.717, 1.165) is 12.0 Å². The Morgan fingerprint density at radius 2 is 2.43 bits per heavy atom. The number of carbonyl (C=O) groups excluding carboxylic acids is 2. The molecule has 1 aromatic heterocycles. The van der Waals surface area contributed by atoms with Crippen LogP contribution in [-0.2, 0) is 14.3 Å². The minimum Gasteiger partial charge on any atom is -0.370 e. The highest BCUT2D eigenvalue weighted by molar-refractivity contribution is 7.07. The van der Waals surface area contributed by atoms with E-state index >= 15 is 0 Å². The largest absolute Gasteiger partial charge is 0.370 e. The predicted octanol–water partition coefficient (Wildman–Crippen LogP) is 1.56. The fourth-order valence-corrected chi connectivity index (χ4v) is 3.70. The summed E-state index contributed by atoms with van der Waals surface area (Å²) in [6.45, 7) is 4.03. The third kappa shape index (κ3) is 2.70. The van der Waals surface area contributed by atoms with Gasteiger partial charge >= 0.3 is 0 Å². The molecule has 0 aromatic carbocycles. The molecule has 2 unspecified atom stereocenters. The summed E-state index contributed by atoms with van der Waals surface area (Å²) in [5, 5.41) is 6.87. The number of nitrogens with zero attached hydrogens (tertiary/aromatic N) is 1. The average Bonchev–Trinajstić information content (AvgIpc) is 3.04. The molecule has 6 heteroatoms. The van der Waals surface area contributed by atoms with Crippen molar-refractivity contribution in [1.82, 2.24) is 10.2 Å². The van der Waals surface area contributed by atoms with Crippen LogP contribution in [0.15, 0.2) is 16.8 Å². The summed E-state index contributed by atoms with van der Waals surface area (Å²) in [7, 11) is 0. The smallest absolute Gasteiger partial charge is 0.238 e. The molecule has 5 nitrogen and oxygen atoms in total. The Morgan fingerprint density at radius 1 is 1.57 bits per heavy atom. The van der Waals surface area contributed by atoms with Crippen LogP contribution in [-0.4, -0.2) is 43.0 Å². The average molecular weight is 308 g/mol. The third-order valence-electron chi connectivity index (χ3n) is 4.38. The molecular weight excluding hydrogens is 288 g/mol. The summed E-state index contributed by atoms with van der Waals surface area (Å²) in [5.74, 6) is -0.208. The molecule has 0 bridgehead atoms. The van der Waals surface area contributed by atoms with Crippen molar-refractivity contribution in [3.63, 3.8) is 0 Å². The Kier molecular flexibility index (Phi) is 3.99. The molecular formula is C15H20N2O3S. The highest BCUT2D eigenvalue weighted by Crippen LogP contribution is 2.32. The lowest BCUT2D eigenvalue weighted by Gasteiger charge is -2.39. The fraction of sp³-hybridized carbons (Fsp3) is 0.600. The van der Waals surface area contributed by atoms with Gasteiger partial charge in [-0.3, -0.25) is 9.59 Å². The molecule has 2 atom stereocenters. The predicted molar refractivity (Wildman–Crippen MR) is 79.9 cm³/mol. The number of morpholine rings is 1. The number of carbonyl (C=O) groups is 2. The van der Waals surface area contributed by atoms with Crippen LogP contribution in [0.5, 0.6) is 0 Å². The minimum absolute atomic E-state index is 0.0665. The molecule has 0 spiro atoms. The van der Waals surface area contributed by atoms with Crippen LogP contribution in [0.3, 0.4) is 0 Å². The zero-order valence-corrected chi connectivity index (χ0v) is 12.9. The lowest BCUT2D eigenvalue weighted by atomic mass is 9.80. The molecule has 1 aromatic rings. The van der Waals surface area contributed by atoms with E-state index in [1.807, 2.05) is 16.8 Å². The van der Waals surface area contributed by atoms with Crippen molar-refractivity contribution in [2.24, 2.45) is 5.41 Å². The number of hydrogen-bond donors (Lipinski definition) is 1. The lowest BCUT2D eigenvalue weighted by molar-refractivity contribution is -0.157. The van der Waals surface area contributed by atoms with Gasteiger partial charge in [-0.2, -0.15) is 11.3 Å². The van der Waals surface area contributed by atoms with Crippen LogP contribution < -0.4 is 5.32 Å². The number of piperidine rings is 1. The highest BCUT2D eigenvalue weighted by atomic mass is 32.1. The first kappa shape index (κ1) is 14.5. The molecule has 0 radical (unpaired) electrons. The second kappa shape index (κ2) is 5.77. The Hall–Kier alpha value is -1.40. The second-order valence-electron chi connectivity index (χ2n) is 5.86. The zero-order chi connectivity index (χ0) is 14.9. The van der Waals surface area contributed by atoms with Crippen molar-refractivity contribution in [2.75, 3.05) is 26.2 Å². The number of ether oxygens (including phenoxy) is 1. The maximum absolute atomic E-state index is 12.8. The highest BCUT2D eigenvalue weighted by Gasteiger charge is 2.45. The second-order valence-corrected chi connectivity index (χ2v) is 6.64. The monoisotopic (exact) mass is 308 g/mol. The molecule has 2 amide bonds. The van der Waals surface area contributed by atoms with Crippen LogP contribution in [0.2, 0.25) is 0 Å². The lowest BCUT2D eigenvalue weighted by Crippen LogP contribution is -2.56. The van der Waals surface area contributed by atoms with Gasteiger partial charge in [-0.25, -0.2) is 0 Å². The molecule has 21 heavy (non-hydrogen) atoms. The van der Waals surface area contributed by atoms with Crippen molar-refractivity contribution in [3.8, 4) is 0 Å². The molecule has 3 heterocycles. The fourth-order valence-electron chi connectivity index (χ4n) is 3.00. The van der Waals surface area contributed by atoms with Gasteiger partial charge in [0.1, 0.15) is 11.5 Å². The van der Waals surface area contributed by atoms with E-state index in [-0.39, 0.29) is 17.9 Å². The van der Waals surface area contributed by atoms with E-state index in [2.05, 4.69) is 5.32 Å². The van der Waals surface area contributed by atoms with Crippen molar-refractivity contribution < 1.29 is 14.3 Å². The van der Waals surface area contributed by atoms with Crippen LogP contribution in [0.1, 0.15) is 31.4 Å². The molecule has 2 aliphatic rings. The van der Waals surface area contributed by atoms with Crippen LogP contribution in [0.4, 0.5) is 0 Å². The van der Waals surface area contributed by atoms with Gasteiger partial charge in [-0.15, -0.1) is 0 Å². The van der Waals surface area contributed by atoms with Crippen LogP contribution in [0.25, 0.3) is 0 Å². The van der Waals surface area contributed by atoms with Crippen molar-refractivity contribution in [1.29, 1.82) is 0 Å². The van der Waals surface area contributed by atoms with Gasteiger partial charge in [0.05, 0.1) is 13.2 Å². The maximum Gasteiger partial charge on any atom is 0.238 e. The first-order valence-electron chi connectivity index (χ1n) is 7.32. The summed E-state index contributed by atoms with van der Waals surface area (Å²) in [5.41, 5.74) is 0.185. The summed E-state index contributed by atoms with van der Waals surface area (Å²) in [6.07, 6.45) is 1.40.